The van der Waals surface area contributed by atoms with Crippen LogP contribution in [0.25, 0.3) is 0 Å². The van der Waals surface area contributed by atoms with Crippen LogP contribution < -0.4 is 10.6 Å². The average Bonchev–Trinajstić information content (AvgIpc) is 2.40. The van der Waals surface area contributed by atoms with Crippen LogP contribution in [-0.2, 0) is 9.53 Å². The molecule has 21 heavy (non-hydrogen) atoms. The first-order valence-corrected chi connectivity index (χ1v) is 6.58. The van der Waals surface area contributed by atoms with E-state index in [9.17, 15) is 18.4 Å². The Kier molecular flexibility index (Phi) is 6.50. The van der Waals surface area contributed by atoms with Crippen molar-refractivity contribution in [2.75, 3.05) is 19.0 Å². The highest BCUT2D eigenvalue weighted by molar-refractivity contribution is 9.10. The molecule has 2 amide bonds. The Morgan fingerprint density at radius 3 is 2.62 bits per heavy atom. The molecule has 0 radical (unpaired) electrons. The minimum absolute atomic E-state index is 0.0381. The Morgan fingerprint density at radius 2 is 2.05 bits per heavy atom. The highest BCUT2D eigenvalue weighted by Gasteiger charge is 2.20. The maximum atomic E-state index is 13.5. The molecule has 9 heteroatoms. The smallest absolute Gasteiger partial charge is 0.326 e. The number of methoxy groups -OCH3 is 1. The molecule has 0 aliphatic heterocycles. The SMILES string of the molecule is COCCC(NC(=O)Nc1cc(F)c(Br)cc1F)C(=O)O. The fourth-order valence-electron chi connectivity index (χ4n) is 1.43. The number of amides is 2. The first-order chi connectivity index (χ1) is 9.85. The molecule has 0 spiro atoms. The average molecular weight is 367 g/mol. The summed E-state index contributed by atoms with van der Waals surface area (Å²) in [6.45, 7) is 0.124. The van der Waals surface area contributed by atoms with E-state index in [-0.39, 0.29) is 17.5 Å². The van der Waals surface area contributed by atoms with Crippen LogP contribution in [0.5, 0.6) is 0 Å². The first-order valence-electron chi connectivity index (χ1n) is 5.79. The standard InChI is InChI=1S/C12H13BrF2N2O4/c1-21-3-2-9(11(18)19)16-12(20)17-10-5-7(14)6(13)4-8(10)15/h4-5,9H,2-3H2,1H3,(H,18,19)(H2,16,17,20). The van der Waals surface area contributed by atoms with E-state index in [1.807, 2.05) is 5.32 Å². The Labute approximate surface area is 127 Å². The molecule has 0 saturated carbocycles. The van der Waals surface area contributed by atoms with Crippen molar-refractivity contribution in [1.82, 2.24) is 5.32 Å². The molecule has 1 aromatic rings. The molecule has 0 aliphatic carbocycles. The van der Waals surface area contributed by atoms with Crippen LogP contribution >= 0.6 is 15.9 Å². The quantitative estimate of drug-likeness (QED) is 0.674. The van der Waals surface area contributed by atoms with Gasteiger partial charge in [0.15, 0.2) is 0 Å². The monoisotopic (exact) mass is 366 g/mol. The minimum Gasteiger partial charge on any atom is -0.480 e. The summed E-state index contributed by atoms with van der Waals surface area (Å²) in [5, 5.41) is 13.1. The third-order valence-electron chi connectivity index (χ3n) is 2.47. The second kappa shape index (κ2) is 7.89. The molecule has 6 nitrogen and oxygen atoms in total. The van der Waals surface area contributed by atoms with E-state index in [1.54, 1.807) is 0 Å². The van der Waals surface area contributed by atoms with E-state index in [1.165, 1.54) is 7.11 Å². The van der Waals surface area contributed by atoms with Crippen molar-refractivity contribution in [3.8, 4) is 0 Å². The predicted molar refractivity (Wildman–Crippen MR) is 74.1 cm³/mol. The third kappa shape index (κ3) is 5.27. The summed E-state index contributed by atoms with van der Waals surface area (Å²) in [5.74, 6) is -2.88. The van der Waals surface area contributed by atoms with E-state index in [0.29, 0.717) is 0 Å². The number of benzene rings is 1. The number of rotatable bonds is 6. The molecular formula is C12H13BrF2N2O4. The van der Waals surface area contributed by atoms with Gasteiger partial charge in [-0.2, -0.15) is 0 Å². The van der Waals surface area contributed by atoms with Crippen LogP contribution in [0.1, 0.15) is 6.42 Å². The lowest BCUT2D eigenvalue weighted by atomic mass is 10.2. The molecule has 0 aromatic heterocycles. The number of ether oxygens (including phenoxy) is 1. The summed E-state index contributed by atoms with van der Waals surface area (Å²) < 4.78 is 31.4. The number of halogens is 3. The van der Waals surface area contributed by atoms with Crippen molar-refractivity contribution >= 4 is 33.6 Å². The lowest BCUT2D eigenvalue weighted by molar-refractivity contribution is -0.139. The summed E-state index contributed by atoms with van der Waals surface area (Å²) in [4.78, 5) is 22.5. The van der Waals surface area contributed by atoms with Gasteiger partial charge in [0.25, 0.3) is 0 Å². The van der Waals surface area contributed by atoms with E-state index in [2.05, 4.69) is 21.2 Å². The molecule has 1 atom stereocenters. The molecule has 0 heterocycles. The van der Waals surface area contributed by atoms with Gasteiger partial charge in [-0.3, -0.25) is 0 Å². The minimum atomic E-state index is -1.26. The van der Waals surface area contributed by atoms with Crippen molar-refractivity contribution in [3.05, 3.63) is 28.2 Å². The van der Waals surface area contributed by atoms with Crippen LogP contribution in [0.2, 0.25) is 0 Å². The lowest BCUT2D eigenvalue weighted by Crippen LogP contribution is -2.43. The van der Waals surface area contributed by atoms with Gasteiger partial charge in [-0.1, -0.05) is 0 Å². The predicted octanol–water partition coefficient (Wildman–Crippen LogP) is 2.34. The molecule has 0 aliphatic rings. The Hall–Kier alpha value is -1.74. The fraction of sp³-hybridized carbons (Fsp3) is 0.333. The van der Waals surface area contributed by atoms with Crippen LogP contribution in [0, 0.1) is 11.6 Å². The number of hydrogen-bond donors (Lipinski definition) is 3. The number of aliphatic carboxylic acids is 1. The summed E-state index contributed by atoms with van der Waals surface area (Å²) in [6, 6.07) is -0.526. The van der Waals surface area contributed by atoms with E-state index in [0.717, 1.165) is 12.1 Å². The Balaban J connectivity index is 2.72. The molecule has 3 N–H and O–H groups in total. The van der Waals surface area contributed by atoms with Gasteiger partial charge in [0.2, 0.25) is 0 Å². The highest BCUT2D eigenvalue weighted by Crippen LogP contribution is 2.23. The second-order valence-electron chi connectivity index (χ2n) is 4.02. The van der Waals surface area contributed by atoms with Gasteiger partial charge in [-0.05, 0) is 22.0 Å². The number of carboxylic acids is 1. The Bertz CT molecular complexity index is 542. The van der Waals surface area contributed by atoms with Crippen molar-refractivity contribution in [2.45, 2.75) is 12.5 Å². The number of hydrogen-bond acceptors (Lipinski definition) is 3. The molecule has 116 valence electrons. The number of carbonyl (C=O) groups is 2. The van der Waals surface area contributed by atoms with E-state index >= 15 is 0 Å². The van der Waals surface area contributed by atoms with Crippen LogP contribution in [0.3, 0.4) is 0 Å². The molecule has 1 aromatic carbocycles. The zero-order valence-electron chi connectivity index (χ0n) is 11.0. The number of nitrogens with one attached hydrogen (secondary N) is 2. The van der Waals surface area contributed by atoms with Crippen LogP contribution in [0.15, 0.2) is 16.6 Å². The first kappa shape index (κ1) is 17.3. The maximum Gasteiger partial charge on any atom is 0.326 e. The van der Waals surface area contributed by atoms with E-state index < -0.39 is 35.4 Å². The zero-order chi connectivity index (χ0) is 16.0. The van der Waals surface area contributed by atoms with Gasteiger partial charge in [-0.25, -0.2) is 18.4 Å². The van der Waals surface area contributed by atoms with Gasteiger partial charge < -0.3 is 20.5 Å². The van der Waals surface area contributed by atoms with Crippen molar-refractivity contribution in [2.24, 2.45) is 0 Å². The number of urea groups is 1. The molecule has 0 saturated heterocycles. The largest absolute Gasteiger partial charge is 0.480 e. The zero-order valence-corrected chi connectivity index (χ0v) is 12.5. The van der Waals surface area contributed by atoms with Crippen LogP contribution in [0.4, 0.5) is 19.3 Å². The summed E-state index contributed by atoms with van der Waals surface area (Å²) in [5.41, 5.74) is -0.399. The summed E-state index contributed by atoms with van der Waals surface area (Å²) in [7, 11) is 1.39. The van der Waals surface area contributed by atoms with Gasteiger partial charge in [0.05, 0.1) is 10.2 Å². The molecular weight excluding hydrogens is 354 g/mol. The lowest BCUT2D eigenvalue weighted by Gasteiger charge is -2.15. The third-order valence-corrected chi connectivity index (χ3v) is 3.08. The normalized spacial score (nSPS) is 11.8. The number of anilines is 1. The number of carboxylic acid groups (broad SMARTS) is 1. The van der Waals surface area contributed by atoms with Crippen molar-refractivity contribution in [1.29, 1.82) is 0 Å². The van der Waals surface area contributed by atoms with Crippen LogP contribution in [-0.4, -0.2) is 36.9 Å². The molecule has 1 rings (SSSR count). The fourth-order valence-corrected chi connectivity index (χ4v) is 1.74. The highest BCUT2D eigenvalue weighted by atomic mass is 79.9. The van der Waals surface area contributed by atoms with Gasteiger partial charge in [-0.15, -0.1) is 0 Å². The second-order valence-corrected chi connectivity index (χ2v) is 4.87. The summed E-state index contributed by atoms with van der Waals surface area (Å²) in [6.07, 6.45) is 0.0381. The molecule has 0 bridgehead atoms. The number of carbonyl (C=O) groups excluding carboxylic acids is 1. The van der Waals surface area contributed by atoms with Gasteiger partial charge in [0.1, 0.15) is 17.7 Å². The Morgan fingerprint density at radius 1 is 1.38 bits per heavy atom. The molecule has 1 unspecified atom stereocenters. The maximum absolute atomic E-state index is 13.5. The summed E-state index contributed by atoms with van der Waals surface area (Å²) >= 11 is 2.80. The van der Waals surface area contributed by atoms with E-state index in [4.69, 9.17) is 9.84 Å². The van der Waals surface area contributed by atoms with Crippen molar-refractivity contribution in [3.63, 3.8) is 0 Å². The topological polar surface area (TPSA) is 87.7 Å². The molecule has 0 fully saturated rings. The van der Waals surface area contributed by atoms with Gasteiger partial charge >= 0.3 is 12.0 Å². The van der Waals surface area contributed by atoms with Crippen molar-refractivity contribution < 1.29 is 28.2 Å². The van der Waals surface area contributed by atoms with Gasteiger partial charge in [0, 0.05) is 26.2 Å².